The number of hydrogen-bond donors (Lipinski definition) is 0. The summed E-state index contributed by atoms with van der Waals surface area (Å²) in [6.45, 7) is 0.352. The Morgan fingerprint density at radius 3 is 2.37 bits per heavy atom. The molecule has 0 amide bonds. The lowest BCUT2D eigenvalue weighted by Gasteiger charge is -2.10. The third kappa shape index (κ3) is 5.27. The van der Waals surface area contributed by atoms with E-state index in [4.69, 9.17) is 37.4 Å². The van der Waals surface area contributed by atoms with Crippen molar-refractivity contribution < 1.29 is 14.2 Å². The van der Waals surface area contributed by atoms with Gasteiger partial charge in [0.2, 0.25) is 0 Å². The summed E-state index contributed by atoms with van der Waals surface area (Å²) in [4.78, 5) is 0. The maximum atomic E-state index is 9.63. The summed E-state index contributed by atoms with van der Waals surface area (Å²) in [5.41, 5.74) is 2.91. The highest BCUT2D eigenvalue weighted by Crippen LogP contribution is 2.32. The summed E-state index contributed by atoms with van der Waals surface area (Å²) >= 11 is 12.4. The molecule has 0 radical (unpaired) electrons. The van der Waals surface area contributed by atoms with Gasteiger partial charge >= 0.3 is 0 Å². The summed E-state index contributed by atoms with van der Waals surface area (Å²) in [7, 11) is 3.12. The van der Waals surface area contributed by atoms with E-state index in [1.165, 1.54) is 0 Å². The molecule has 152 valence electrons. The fourth-order valence-electron chi connectivity index (χ4n) is 2.86. The molecule has 3 aromatic rings. The van der Waals surface area contributed by atoms with E-state index >= 15 is 0 Å². The highest BCUT2D eigenvalue weighted by molar-refractivity contribution is 6.32. The summed E-state index contributed by atoms with van der Waals surface area (Å²) in [6, 6.07) is 20.4. The lowest BCUT2D eigenvalue weighted by Crippen LogP contribution is -1.96. The van der Waals surface area contributed by atoms with Crippen LogP contribution in [0.4, 0.5) is 0 Å². The highest BCUT2D eigenvalue weighted by atomic mass is 35.5. The Balaban J connectivity index is 1.81. The van der Waals surface area contributed by atoms with Crippen LogP contribution < -0.4 is 14.2 Å². The van der Waals surface area contributed by atoms with E-state index in [2.05, 4.69) is 6.07 Å². The number of halogens is 2. The molecule has 0 aromatic heterocycles. The second-order valence-corrected chi connectivity index (χ2v) is 7.19. The second-order valence-electron chi connectivity index (χ2n) is 6.35. The fraction of sp³-hybridized carbons (Fsp3) is 0.125. The van der Waals surface area contributed by atoms with Crippen LogP contribution in [0.25, 0.3) is 11.6 Å². The first kappa shape index (κ1) is 21.6. The van der Waals surface area contributed by atoms with E-state index in [0.29, 0.717) is 45.0 Å². The molecule has 0 aliphatic carbocycles. The first-order valence-electron chi connectivity index (χ1n) is 9.05. The van der Waals surface area contributed by atoms with Crippen LogP contribution in [0, 0.1) is 11.3 Å². The molecule has 0 atom stereocenters. The summed E-state index contributed by atoms with van der Waals surface area (Å²) in [5.74, 6) is 1.71. The molecule has 0 aliphatic heterocycles. The van der Waals surface area contributed by atoms with E-state index in [1.54, 1.807) is 50.6 Å². The maximum Gasteiger partial charge on any atom is 0.161 e. The minimum absolute atomic E-state index is 0.352. The third-order valence-electron chi connectivity index (χ3n) is 4.37. The molecule has 0 N–H and O–H groups in total. The number of allylic oxidation sites excluding steroid dienone is 1. The Bertz CT molecular complexity index is 1120. The van der Waals surface area contributed by atoms with Gasteiger partial charge in [-0.25, -0.2) is 0 Å². The van der Waals surface area contributed by atoms with E-state index in [9.17, 15) is 5.26 Å². The lowest BCUT2D eigenvalue weighted by molar-refractivity contribution is 0.306. The quantitative estimate of drug-likeness (QED) is 0.305. The van der Waals surface area contributed by atoms with Crippen LogP contribution in [-0.4, -0.2) is 14.2 Å². The van der Waals surface area contributed by atoms with Gasteiger partial charge in [-0.2, -0.15) is 5.26 Å². The largest absolute Gasteiger partial charge is 0.493 e. The molecule has 0 unspecified atom stereocenters. The summed E-state index contributed by atoms with van der Waals surface area (Å²) in [6.07, 6.45) is 1.76. The second kappa shape index (κ2) is 10.1. The molecule has 3 aromatic carbocycles. The van der Waals surface area contributed by atoms with Gasteiger partial charge in [0.25, 0.3) is 0 Å². The summed E-state index contributed by atoms with van der Waals surface area (Å²) < 4.78 is 16.4. The van der Waals surface area contributed by atoms with Crippen LogP contribution in [0.1, 0.15) is 16.7 Å². The Kier molecular flexibility index (Phi) is 7.24. The molecule has 3 rings (SSSR count). The van der Waals surface area contributed by atoms with Gasteiger partial charge in [-0.1, -0.05) is 41.4 Å². The van der Waals surface area contributed by atoms with E-state index < -0.39 is 0 Å². The lowest BCUT2D eigenvalue weighted by atomic mass is 10.0. The van der Waals surface area contributed by atoms with Crippen LogP contribution in [-0.2, 0) is 6.61 Å². The van der Waals surface area contributed by atoms with Crippen LogP contribution in [0.2, 0.25) is 10.0 Å². The minimum atomic E-state index is 0.352. The van der Waals surface area contributed by atoms with E-state index in [1.807, 2.05) is 30.3 Å². The molecule has 0 aliphatic rings. The van der Waals surface area contributed by atoms with Gasteiger partial charge in [-0.3, -0.25) is 0 Å². The zero-order valence-corrected chi connectivity index (χ0v) is 18.0. The highest BCUT2D eigenvalue weighted by Gasteiger charge is 2.09. The van der Waals surface area contributed by atoms with Gasteiger partial charge in [0.15, 0.2) is 11.5 Å². The minimum Gasteiger partial charge on any atom is -0.493 e. The molecule has 4 nitrogen and oxygen atoms in total. The van der Waals surface area contributed by atoms with Crippen molar-refractivity contribution in [3.05, 3.63) is 87.4 Å². The van der Waals surface area contributed by atoms with Gasteiger partial charge in [-0.05, 0) is 65.2 Å². The van der Waals surface area contributed by atoms with Crippen LogP contribution >= 0.6 is 23.2 Å². The monoisotopic (exact) mass is 439 g/mol. The van der Waals surface area contributed by atoms with Gasteiger partial charge < -0.3 is 14.2 Å². The molecule has 0 saturated carbocycles. The number of hydrogen-bond acceptors (Lipinski definition) is 4. The number of ether oxygens (including phenoxy) is 3. The van der Waals surface area contributed by atoms with Crippen molar-refractivity contribution in [2.75, 3.05) is 14.2 Å². The predicted molar refractivity (Wildman–Crippen MR) is 120 cm³/mol. The molecule has 0 heterocycles. The van der Waals surface area contributed by atoms with Crippen molar-refractivity contribution in [1.82, 2.24) is 0 Å². The zero-order valence-electron chi connectivity index (χ0n) is 16.5. The number of benzene rings is 3. The molecule has 0 fully saturated rings. The third-order valence-corrected chi connectivity index (χ3v) is 4.90. The van der Waals surface area contributed by atoms with Crippen molar-refractivity contribution in [2.24, 2.45) is 0 Å². The molecular formula is C24H19Cl2NO3. The average molecular weight is 440 g/mol. The zero-order chi connectivity index (χ0) is 21.5. The number of rotatable bonds is 7. The maximum absolute atomic E-state index is 9.63. The molecule has 0 bridgehead atoms. The van der Waals surface area contributed by atoms with Gasteiger partial charge in [0, 0.05) is 5.02 Å². The topological polar surface area (TPSA) is 51.5 Å². The molecule has 30 heavy (non-hydrogen) atoms. The van der Waals surface area contributed by atoms with Crippen molar-refractivity contribution in [1.29, 1.82) is 5.26 Å². The van der Waals surface area contributed by atoms with Crippen molar-refractivity contribution >= 4 is 34.9 Å². The molecular weight excluding hydrogens is 421 g/mol. The predicted octanol–water partition coefficient (Wildman–Crippen LogP) is 6.65. The Hall–Kier alpha value is -3.13. The van der Waals surface area contributed by atoms with Crippen molar-refractivity contribution in [3.8, 4) is 23.3 Å². The van der Waals surface area contributed by atoms with Gasteiger partial charge in [0.1, 0.15) is 12.4 Å². The van der Waals surface area contributed by atoms with Gasteiger partial charge in [-0.15, -0.1) is 0 Å². The fourth-order valence-corrected chi connectivity index (χ4v) is 3.32. The standard InChI is InChI=1S/C24H19Cl2NO3/c1-28-23-9-7-18(13-24(23)29-2)19(14-27)10-16-6-8-22(21(26)12-16)30-15-17-4-3-5-20(25)11-17/h3-13H,15H2,1-2H3/b19-10+. The Labute approximate surface area is 185 Å². The van der Waals surface area contributed by atoms with Crippen LogP contribution in [0.15, 0.2) is 60.7 Å². The van der Waals surface area contributed by atoms with Gasteiger partial charge in [0.05, 0.1) is 30.9 Å². The SMILES string of the molecule is COc1ccc(/C(C#N)=C/c2ccc(OCc3cccc(Cl)c3)c(Cl)c2)cc1OC. The molecule has 6 heteroatoms. The molecule has 0 spiro atoms. The van der Waals surface area contributed by atoms with Crippen molar-refractivity contribution in [2.45, 2.75) is 6.61 Å². The summed E-state index contributed by atoms with van der Waals surface area (Å²) in [5, 5.41) is 10.7. The first-order chi connectivity index (χ1) is 14.5. The Morgan fingerprint density at radius 1 is 0.933 bits per heavy atom. The smallest absolute Gasteiger partial charge is 0.161 e. The number of methoxy groups -OCH3 is 2. The normalized spacial score (nSPS) is 11.0. The van der Waals surface area contributed by atoms with E-state index in [-0.39, 0.29) is 0 Å². The Morgan fingerprint density at radius 2 is 1.70 bits per heavy atom. The first-order valence-corrected chi connectivity index (χ1v) is 9.80. The number of nitriles is 1. The van der Waals surface area contributed by atoms with E-state index in [0.717, 1.165) is 11.1 Å². The average Bonchev–Trinajstić information content (AvgIpc) is 2.76. The number of nitrogens with zero attached hydrogens (tertiary/aromatic N) is 1. The van der Waals surface area contributed by atoms with Crippen LogP contribution in [0.3, 0.4) is 0 Å². The van der Waals surface area contributed by atoms with Crippen LogP contribution in [0.5, 0.6) is 17.2 Å². The molecule has 0 saturated heterocycles. The van der Waals surface area contributed by atoms with Crippen molar-refractivity contribution in [3.63, 3.8) is 0 Å².